The summed E-state index contributed by atoms with van der Waals surface area (Å²) >= 11 is 5.58. The highest BCUT2D eigenvalue weighted by molar-refractivity contribution is 6.30. The number of aromatic nitrogens is 1. The van der Waals surface area contributed by atoms with Crippen molar-refractivity contribution >= 4 is 17.6 Å². The van der Waals surface area contributed by atoms with Crippen LogP contribution in [-0.4, -0.2) is 16.1 Å². The van der Waals surface area contributed by atoms with Gasteiger partial charge >= 0.3 is 5.97 Å². The lowest BCUT2D eigenvalue weighted by atomic mass is 10.1. The Labute approximate surface area is 94.3 Å². The van der Waals surface area contributed by atoms with Crippen molar-refractivity contribution in [3.8, 4) is 11.3 Å². The van der Waals surface area contributed by atoms with E-state index in [9.17, 15) is 9.18 Å². The van der Waals surface area contributed by atoms with Gasteiger partial charge in [-0.3, -0.25) is 0 Å². The van der Waals surface area contributed by atoms with Crippen LogP contribution in [0.5, 0.6) is 0 Å². The molecule has 0 bridgehead atoms. The zero-order valence-corrected chi connectivity index (χ0v) is 8.53. The molecule has 0 aliphatic heterocycles. The Kier molecular flexibility index (Phi) is 2.62. The van der Waals surface area contributed by atoms with E-state index < -0.39 is 11.8 Å². The number of carboxylic acid groups (broad SMARTS) is 1. The van der Waals surface area contributed by atoms with Crippen molar-refractivity contribution in [2.75, 3.05) is 0 Å². The van der Waals surface area contributed by atoms with Gasteiger partial charge in [0, 0.05) is 5.02 Å². The topological polar surface area (TPSA) is 63.3 Å². The summed E-state index contributed by atoms with van der Waals surface area (Å²) in [4.78, 5) is 14.3. The second kappa shape index (κ2) is 3.94. The van der Waals surface area contributed by atoms with E-state index in [0.29, 0.717) is 0 Å². The van der Waals surface area contributed by atoms with Crippen LogP contribution < -0.4 is 0 Å². The number of carboxylic acids is 1. The van der Waals surface area contributed by atoms with Gasteiger partial charge in [-0.05, 0) is 18.2 Å². The van der Waals surface area contributed by atoms with E-state index >= 15 is 0 Å². The minimum absolute atomic E-state index is 0.0132. The molecule has 0 saturated heterocycles. The maximum Gasteiger partial charge on any atom is 0.358 e. The molecule has 0 unspecified atom stereocenters. The molecule has 4 nitrogen and oxygen atoms in total. The largest absolute Gasteiger partial charge is 0.476 e. The first-order valence-electron chi connectivity index (χ1n) is 4.22. The van der Waals surface area contributed by atoms with Crippen LogP contribution in [0.1, 0.15) is 10.5 Å². The van der Waals surface area contributed by atoms with Crippen molar-refractivity contribution in [1.29, 1.82) is 0 Å². The molecule has 0 fully saturated rings. The highest BCUT2D eigenvalue weighted by Gasteiger charge is 2.19. The lowest BCUT2D eigenvalue weighted by Crippen LogP contribution is -1.99. The van der Waals surface area contributed by atoms with Crippen molar-refractivity contribution in [2.45, 2.75) is 0 Å². The van der Waals surface area contributed by atoms with Gasteiger partial charge < -0.3 is 9.52 Å². The number of oxazole rings is 1. The zero-order valence-electron chi connectivity index (χ0n) is 7.78. The predicted octanol–water partition coefficient (Wildman–Crippen LogP) is 2.83. The fraction of sp³-hybridized carbons (Fsp3) is 0. The van der Waals surface area contributed by atoms with Crippen LogP contribution in [0.15, 0.2) is 29.0 Å². The van der Waals surface area contributed by atoms with E-state index in [1.54, 1.807) is 0 Å². The van der Waals surface area contributed by atoms with Gasteiger partial charge in [0.05, 0.1) is 5.56 Å². The standard InChI is InChI=1S/C10H5ClFNO3/c11-5-1-2-6(7(12)3-5)9-8(10(14)15)13-4-16-9/h1-4H,(H,14,15). The summed E-state index contributed by atoms with van der Waals surface area (Å²) in [6, 6.07) is 3.85. The summed E-state index contributed by atoms with van der Waals surface area (Å²) in [5.74, 6) is -2.06. The van der Waals surface area contributed by atoms with Crippen molar-refractivity contribution < 1.29 is 18.7 Å². The summed E-state index contributed by atoms with van der Waals surface area (Å²) in [7, 11) is 0. The molecule has 0 saturated carbocycles. The lowest BCUT2D eigenvalue weighted by molar-refractivity contribution is 0.0691. The summed E-state index contributed by atoms with van der Waals surface area (Å²) in [6.45, 7) is 0. The molecule has 0 amide bonds. The van der Waals surface area contributed by atoms with Gasteiger partial charge in [-0.2, -0.15) is 0 Å². The minimum atomic E-state index is -1.28. The van der Waals surface area contributed by atoms with E-state index in [2.05, 4.69) is 4.98 Å². The molecule has 0 aliphatic rings. The van der Waals surface area contributed by atoms with E-state index in [0.717, 1.165) is 12.5 Å². The summed E-state index contributed by atoms with van der Waals surface area (Å²) in [6.07, 6.45) is 0.951. The van der Waals surface area contributed by atoms with Crippen LogP contribution in [-0.2, 0) is 0 Å². The fourth-order valence-corrected chi connectivity index (χ4v) is 1.42. The molecule has 1 N–H and O–H groups in total. The van der Waals surface area contributed by atoms with E-state index in [1.165, 1.54) is 12.1 Å². The second-order valence-electron chi connectivity index (χ2n) is 2.96. The van der Waals surface area contributed by atoms with Crippen molar-refractivity contribution in [3.05, 3.63) is 41.1 Å². The average Bonchev–Trinajstić information content (AvgIpc) is 2.66. The normalized spacial score (nSPS) is 10.4. The molecule has 6 heteroatoms. The van der Waals surface area contributed by atoms with Crippen LogP contribution >= 0.6 is 11.6 Å². The Balaban J connectivity index is 2.59. The van der Waals surface area contributed by atoms with E-state index in [1.807, 2.05) is 0 Å². The van der Waals surface area contributed by atoms with Crippen LogP contribution in [0, 0.1) is 5.82 Å². The third kappa shape index (κ3) is 1.77. The molecule has 1 aromatic carbocycles. The maximum absolute atomic E-state index is 13.5. The quantitative estimate of drug-likeness (QED) is 0.878. The third-order valence-electron chi connectivity index (χ3n) is 1.95. The predicted molar refractivity (Wildman–Crippen MR) is 53.9 cm³/mol. The number of halogens is 2. The first-order chi connectivity index (χ1) is 7.59. The molecule has 16 heavy (non-hydrogen) atoms. The number of benzene rings is 1. The van der Waals surface area contributed by atoms with Crippen molar-refractivity contribution in [2.24, 2.45) is 0 Å². The molecule has 0 radical (unpaired) electrons. The molecule has 0 spiro atoms. The second-order valence-corrected chi connectivity index (χ2v) is 3.40. The molecule has 2 rings (SSSR count). The van der Waals surface area contributed by atoms with E-state index in [4.69, 9.17) is 21.1 Å². The summed E-state index contributed by atoms with van der Waals surface area (Å²) in [5.41, 5.74) is -0.319. The van der Waals surface area contributed by atoms with Gasteiger partial charge in [0.1, 0.15) is 5.82 Å². The van der Waals surface area contributed by atoms with Crippen LogP contribution in [0.2, 0.25) is 5.02 Å². The van der Waals surface area contributed by atoms with Gasteiger partial charge in [0.15, 0.2) is 17.8 Å². The van der Waals surface area contributed by atoms with Gasteiger partial charge in [0.2, 0.25) is 0 Å². The molecule has 0 aliphatic carbocycles. The summed E-state index contributed by atoms with van der Waals surface area (Å²) in [5, 5.41) is 9.01. The Morgan fingerprint density at radius 1 is 1.50 bits per heavy atom. The molecule has 82 valence electrons. The fourth-order valence-electron chi connectivity index (χ4n) is 1.26. The van der Waals surface area contributed by atoms with Gasteiger partial charge in [-0.25, -0.2) is 14.2 Å². The monoisotopic (exact) mass is 241 g/mol. The molecule has 1 aromatic heterocycles. The molecule has 2 aromatic rings. The van der Waals surface area contributed by atoms with Crippen LogP contribution in [0.4, 0.5) is 4.39 Å². The SMILES string of the molecule is O=C(O)c1ncoc1-c1ccc(Cl)cc1F. The number of nitrogens with zero attached hydrogens (tertiary/aromatic N) is 1. The highest BCUT2D eigenvalue weighted by Crippen LogP contribution is 2.27. The Bertz CT molecular complexity index is 553. The number of aromatic carboxylic acids is 1. The van der Waals surface area contributed by atoms with Gasteiger partial charge in [0.25, 0.3) is 0 Å². The first-order valence-corrected chi connectivity index (χ1v) is 4.59. The van der Waals surface area contributed by atoms with Crippen LogP contribution in [0.3, 0.4) is 0 Å². The molecular weight excluding hydrogens is 237 g/mol. The highest BCUT2D eigenvalue weighted by atomic mass is 35.5. The number of carbonyl (C=O) groups is 1. The Hall–Kier alpha value is -1.88. The lowest BCUT2D eigenvalue weighted by Gasteiger charge is -2.00. The smallest absolute Gasteiger partial charge is 0.358 e. The van der Waals surface area contributed by atoms with Crippen molar-refractivity contribution in [1.82, 2.24) is 4.98 Å². The van der Waals surface area contributed by atoms with Crippen molar-refractivity contribution in [3.63, 3.8) is 0 Å². The Morgan fingerprint density at radius 3 is 2.88 bits per heavy atom. The van der Waals surface area contributed by atoms with Gasteiger partial charge in [-0.15, -0.1) is 0 Å². The number of rotatable bonds is 2. The Morgan fingerprint density at radius 2 is 2.25 bits per heavy atom. The van der Waals surface area contributed by atoms with Gasteiger partial charge in [-0.1, -0.05) is 11.6 Å². The molecule has 0 atom stereocenters. The summed E-state index contributed by atoms with van der Waals surface area (Å²) < 4.78 is 18.3. The van der Waals surface area contributed by atoms with E-state index in [-0.39, 0.29) is 22.0 Å². The first kappa shape index (κ1) is 10.6. The third-order valence-corrected chi connectivity index (χ3v) is 2.18. The zero-order chi connectivity index (χ0) is 11.7. The average molecular weight is 242 g/mol. The maximum atomic E-state index is 13.5. The number of hydrogen-bond donors (Lipinski definition) is 1. The van der Waals surface area contributed by atoms with Crippen LogP contribution in [0.25, 0.3) is 11.3 Å². The molecule has 1 heterocycles. The minimum Gasteiger partial charge on any atom is -0.476 e. The molecular formula is C10H5ClFNO3. The number of hydrogen-bond acceptors (Lipinski definition) is 3.